The highest BCUT2D eigenvalue weighted by Crippen LogP contribution is 2.25. The molecule has 172 valence electrons. The van der Waals surface area contributed by atoms with E-state index >= 15 is 0 Å². The monoisotopic (exact) mass is 460 g/mol. The van der Waals surface area contributed by atoms with Crippen LogP contribution in [0.3, 0.4) is 0 Å². The van der Waals surface area contributed by atoms with Crippen molar-refractivity contribution in [1.82, 2.24) is 23.0 Å². The molecule has 0 spiro atoms. The summed E-state index contributed by atoms with van der Waals surface area (Å²) in [7, 11) is -0.493. The number of nitrogens with zero attached hydrogens (tertiary/aromatic N) is 5. The van der Waals surface area contributed by atoms with Crippen LogP contribution in [0, 0.1) is 6.92 Å². The molecule has 1 aromatic carbocycles. The predicted molar refractivity (Wildman–Crippen MR) is 122 cm³/mol. The van der Waals surface area contributed by atoms with Crippen LogP contribution >= 0.6 is 0 Å². The van der Waals surface area contributed by atoms with E-state index in [0.29, 0.717) is 37.3 Å². The molecular formula is C21H28N6O4S. The molecule has 0 amide bonds. The Balaban J connectivity index is 1.55. The van der Waals surface area contributed by atoms with Crippen molar-refractivity contribution in [2.45, 2.75) is 37.6 Å². The molecule has 0 aliphatic carbocycles. The quantitative estimate of drug-likeness (QED) is 0.588. The first-order valence-corrected chi connectivity index (χ1v) is 12.1. The lowest BCUT2D eigenvalue weighted by molar-refractivity contribution is 0.346. The number of imidazole rings is 1. The molecule has 1 aliphatic heterocycles. The van der Waals surface area contributed by atoms with E-state index in [4.69, 9.17) is 0 Å². The highest BCUT2D eigenvalue weighted by atomic mass is 32.2. The summed E-state index contributed by atoms with van der Waals surface area (Å²) in [6.45, 7) is 3.91. The van der Waals surface area contributed by atoms with Gasteiger partial charge >= 0.3 is 5.69 Å². The van der Waals surface area contributed by atoms with Gasteiger partial charge < -0.3 is 9.88 Å². The standard InChI is InChI=1S/C21H28N6O4S/c1-15-7-8-16(32(30,31)27-10-5-4-6-11-27)13-17(15)22-9-12-26-14-23-19-18(26)20(28)25(3)21(29)24(19)2/h7-8,13-14,22H,4-6,9-12H2,1-3H3. The smallest absolute Gasteiger partial charge is 0.332 e. The van der Waals surface area contributed by atoms with Gasteiger partial charge in [0.15, 0.2) is 11.2 Å². The summed E-state index contributed by atoms with van der Waals surface area (Å²) in [5, 5.41) is 3.28. The van der Waals surface area contributed by atoms with Crippen LogP contribution in [0.2, 0.25) is 0 Å². The Labute approximate surface area is 186 Å². The van der Waals surface area contributed by atoms with Gasteiger partial charge in [-0.2, -0.15) is 4.31 Å². The van der Waals surface area contributed by atoms with E-state index < -0.39 is 21.3 Å². The number of benzene rings is 1. The number of aromatic nitrogens is 4. The Kier molecular flexibility index (Phi) is 5.95. The molecule has 3 aromatic rings. The van der Waals surface area contributed by atoms with Gasteiger partial charge in [-0.25, -0.2) is 18.2 Å². The van der Waals surface area contributed by atoms with Gasteiger partial charge in [-0.15, -0.1) is 0 Å². The Hall–Kier alpha value is -2.92. The van der Waals surface area contributed by atoms with Gasteiger partial charge in [-0.3, -0.25) is 13.9 Å². The summed E-state index contributed by atoms with van der Waals surface area (Å²) >= 11 is 0. The van der Waals surface area contributed by atoms with Gasteiger partial charge in [0.05, 0.1) is 11.2 Å². The first-order valence-electron chi connectivity index (χ1n) is 10.7. The second kappa shape index (κ2) is 8.55. The molecule has 1 N–H and O–H groups in total. The van der Waals surface area contributed by atoms with Gasteiger partial charge in [0.25, 0.3) is 5.56 Å². The number of hydrogen-bond donors (Lipinski definition) is 1. The van der Waals surface area contributed by atoms with Crippen LogP contribution < -0.4 is 16.6 Å². The van der Waals surface area contributed by atoms with Gasteiger partial charge in [0.1, 0.15) is 0 Å². The Morgan fingerprint density at radius 1 is 1.06 bits per heavy atom. The van der Waals surface area contributed by atoms with E-state index in [-0.39, 0.29) is 4.90 Å². The van der Waals surface area contributed by atoms with Crippen LogP contribution in [0.5, 0.6) is 0 Å². The van der Waals surface area contributed by atoms with Crippen LogP contribution in [0.25, 0.3) is 11.2 Å². The predicted octanol–water partition coefficient (Wildman–Crippen LogP) is 1.03. The zero-order valence-electron chi connectivity index (χ0n) is 18.5. The van der Waals surface area contributed by atoms with Gasteiger partial charge in [0, 0.05) is 46.0 Å². The normalized spacial score (nSPS) is 15.3. The molecule has 2 aromatic heterocycles. The average Bonchev–Trinajstić information content (AvgIpc) is 3.22. The number of rotatable bonds is 6. The first kappa shape index (κ1) is 22.3. The van der Waals surface area contributed by atoms with Crippen LogP contribution in [-0.4, -0.2) is 51.0 Å². The lowest BCUT2D eigenvalue weighted by Gasteiger charge is -2.26. The van der Waals surface area contributed by atoms with E-state index in [0.717, 1.165) is 35.1 Å². The second-order valence-corrected chi connectivity index (χ2v) is 10.1. The summed E-state index contributed by atoms with van der Waals surface area (Å²) < 4.78 is 31.7. The Morgan fingerprint density at radius 2 is 1.78 bits per heavy atom. The number of piperidine rings is 1. The lowest BCUT2D eigenvalue weighted by atomic mass is 10.2. The number of nitrogens with one attached hydrogen (secondary N) is 1. The molecule has 1 aliphatic rings. The topological polar surface area (TPSA) is 111 Å². The van der Waals surface area contributed by atoms with E-state index in [1.54, 1.807) is 34.1 Å². The molecular weight excluding hydrogens is 432 g/mol. The van der Waals surface area contributed by atoms with Crippen molar-refractivity contribution >= 4 is 26.9 Å². The zero-order chi connectivity index (χ0) is 23.0. The molecule has 0 atom stereocenters. The van der Waals surface area contributed by atoms with Crippen molar-refractivity contribution in [3.05, 3.63) is 50.9 Å². The molecule has 0 unspecified atom stereocenters. The molecule has 4 rings (SSSR count). The van der Waals surface area contributed by atoms with Gasteiger partial charge in [-0.1, -0.05) is 12.5 Å². The number of fused-ring (bicyclic) bond motifs is 1. The fourth-order valence-corrected chi connectivity index (χ4v) is 5.63. The number of sulfonamides is 1. The van der Waals surface area contributed by atoms with E-state index in [9.17, 15) is 18.0 Å². The van der Waals surface area contributed by atoms with Crippen LogP contribution in [0.4, 0.5) is 5.69 Å². The van der Waals surface area contributed by atoms with Crippen molar-refractivity contribution in [1.29, 1.82) is 0 Å². The van der Waals surface area contributed by atoms with E-state index in [1.807, 2.05) is 6.92 Å². The average molecular weight is 461 g/mol. The second-order valence-electron chi connectivity index (χ2n) is 8.18. The highest BCUT2D eigenvalue weighted by molar-refractivity contribution is 7.89. The molecule has 10 nitrogen and oxygen atoms in total. The van der Waals surface area contributed by atoms with Crippen molar-refractivity contribution in [3.63, 3.8) is 0 Å². The maximum Gasteiger partial charge on any atom is 0.332 e. The molecule has 3 heterocycles. The van der Waals surface area contributed by atoms with Crippen molar-refractivity contribution in [3.8, 4) is 0 Å². The summed E-state index contributed by atoms with van der Waals surface area (Å²) in [4.78, 5) is 29.2. The largest absolute Gasteiger partial charge is 0.383 e. The molecule has 1 saturated heterocycles. The SMILES string of the molecule is Cc1ccc(S(=O)(=O)N2CCCCC2)cc1NCCn1cnc2c1c(=O)n(C)c(=O)n2C. The highest BCUT2D eigenvalue weighted by Gasteiger charge is 2.26. The zero-order valence-corrected chi connectivity index (χ0v) is 19.4. The van der Waals surface area contributed by atoms with Crippen LogP contribution in [0.1, 0.15) is 24.8 Å². The fourth-order valence-electron chi connectivity index (χ4n) is 4.08. The van der Waals surface area contributed by atoms with Crippen molar-refractivity contribution < 1.29 is 8.42 Å². The summed E-state index contributed by atoms with van der Waals surface area (Å²) in [6.07, 6.45) is 4.38. The van der Waals surface area contributed by atoms with Crippen LogP contribution in [-0.2, 0) is 30.7 Å². The van der Waals surface area contributed by atoms with Crippen LogP contribution in [0.15, 0.2) is 39.0 Å². The first-order chi connectivity index (χ1) is 15.2. The minimum absolute atomic E-state index is 0.282. The minimum Gasteiger partial charge on any atom is -0.383 e. The molecule has 11 heteroatoms. The maximum atomic E-state index is 13.0. The fraction of sp³-hybridized carbons (Fsp3) is 0.476. The number of aryl methyl sites for hydroxylation is 2. The van der Waals surface area contributed by atoms with Crippen molar-refractivity contribution in [2.24, 2.45) is 14.1 Å². The summed E-state index contributed by atoms with van der Waals surface area (Å²) in [5.41, 5.74) is 1.53. The summed E-state index contributed by atoms with van der Waals surface area (Å²) in [5.74, 6) is 0. The molecule has 1 fully saturated rings. The molecule has 32 heavy (non-hydrogen) atoms. The molecule has 0 radical (unpaired) electrons. The lowest BCUT2D eigenvalue weighted by Crippen LogP contribution is -2.37. The molecule has 0 saturated carbocycles. The third-order valence-corrected chi connectivity index (χ3v) is 7.94. The summed E-state index contributed by atoms with van der Waals surface area (Å²) in [6, 6.07) is 5.13. The number of anilines is 1. The van der Waals surface area contributed by atoms with E-state index in [1.165, 1.54) is 17.9 Å². The molecule has 0 bridgehead atoms. The third kappa shape index (κ3) is 3.86. The number of hydrogen-bond acceptors (Lipinski definition) is 6. The van der Waals surface area contributed by atoms with Gasteiger partial charge in [0.2, 0.25) is 10.0 Å². The minimum atomic E-state index is -3.52. The van der Waals surface area contributed by atoms with Crippen molar-refractivity contribution in [2.75, 3.05) is 25.0 Å². The third-order valence-electron chi connectivity index (χ3n) is 6.05. The Morgan fingerprint density at radius 3 is 2.50 bits per heavy atom. The Bertz CT molecular complexity index is 1380. The van der Waals surface area contributed by atoms with Gasteiger partial charge in [-0.05, 0) is 37.5 Å². The maximum absolute atomic E-state index is 13.0. The van der Waals surface area contributed by atoms with E-state index in [2.05, 4.69) is 10.3 Å².